The van der Waals surface area contributed by atoms with Crippen LogP contribution in [0.4, 0.5) is 13.2 Å². The van der Waals surface area contributed by atoms with Crippen LogP contribution in [0, 0.1) is 6.92 Å². The first-order valence-corrected chi connectivity index (χ1v) is 9.14. The number of likely N-dealkylation sites (N-methyl/N-ethyl adjacent to an activating group) is 1. The minimum Gasteiger partial charge on any atom is -0.355 e. The van der Waals surface area contributed by atoms with E-state index in [2.05, 4.69) is 10.3 Å². The van der Waals surface area contributed by atoms with Crippen LogP contribution < -0.4 is 5.32 Å². The molecule has 0 unspecified atom stereocenters. The van der Waals surface area contributed by atoms with E-state index in [1.807, 2.05) is 17.6 Å². The number of fused-ring (bicyclic) bond motifs is 1. The van der Waals surface area contributed by atoms with E-state index in [0.29, 0.717) is 29.8 Å². The number of amides is 1. The summed E-state index contributed by atoms with van der Waals surface area (Å²) in [5.74, 6) is -0.0972. The summed E-state index contributed by atoms with van der Waals surface area (Å²) in [5, 5.41) is 3.65. The Labute approximate surface area is 165 Å². The lowest BCUT2D eigenvalue weighted by atomic mass is 9.99. The molecule has 0 aliphatic heterocycles. The first kappa shape index (κ1) is 20.2. The van der Waals surface area contributed by atoms with Gasteiger partial charge in [0.05, 0.1) is 16.8 Å². The van der Waals surface area contributed by atoms with Crippen LogP contribution in [0.15, 0.2) is 36.7 Å². The van der Waals surface area contributed by atoms with Gasteiger partial charge in [0.25, 0.3) is 0 Å². The van der Waals surface area contributed by atoms with Crippen LogP contribution in [0.2, 0.25) is 5.02 Å². The maximum Gasteiger partial charge on any atom is 0.416 e. The summed E-state index contributed by atoms with van der Waals surface area (Å²) in [5.41, 5.74) is 1.82. The quantitative estimate of drug-likeness (QED) is 0.661. The van der Waals surface area contributed by atoms with Crippen LogP contribution in [0.5, 0.6) is 0 Å². The van der Waals surface area contributed by atoms with Gasteiger partial charge in [-0.1, -0.05) is 11.6 Å². The number of pyridine rings is 1. The van der Waals surface area contributed by atoms with Crippen LogP contribution in [0.3, 0.4) is 0 Å². The second kappa shape index (κ2) is 7.83. The number of rotatable bonds is 5. The van der Waals surface area contributed by atoms with Crippen LogP contribution in [-0.4, -0.2) is 22.0 Å². The molecule has 28 heavy (non-hydrogen) atoms. The van der Waals surface area contributed by atoms with E-state index in [9.17, 15) is 18.0 Å². The standard InChI is InChI=1S/C20H19ClF3N3O/c1-3-25-19(28)11-27-7-5-14-17(26-6-4-18(14)27)10-15-12(2)8-13(9-16(15)21)20(22,23)24/h4-9H,3,10-11H2,1-2H3,(H,25,28). The number of aryl methyl sites for hydroxylation is 1. The number of hydrogen-bond acceptors (Lipinski definition) is 2. The Morgan fingerprint density at radius 2 is 2.04 bits per heavy atom. The SMILES string of the molecule is CCNC(=O)Cn1ccc2c(Cc3c(C)cc(C(F)(F)F)cc3Cl)nccc21. The number of carbonyl (C=O) groups is 1. The molecule has 0 atom stereocenters. The van der Waals surface area contributed by atoms with Gasteiger partial charge in [-0.2, -0.15) is 13.2 Å². The molecule has 0 saturated heterocycles. The van der Waals surface area contributed by atoms with Crippen molar-refractivity contribution in [1.82, 2.24) is 14.9 Å². The summed E-state index contributed by atoms with van der Waals surface area (Å²) < 4.78 is 40.7. The molecule has 1 aromatic carbocycles. The first-order chi connectivity index (χ1) is 13.2. The molecule has 148 valence electrons. The lowest BCUT2D eigenvalue weighted by molar-refractivity contribution is -0.137. The van der Waals surface area contributed by atoms with Crippen molar-refractivity contribution in [3.8, 4) is 0 Å². The number of hydrogen-bond donors (Lipinski definition) is 1. The van der Waals surface area contributed by atoms with Crippen LogP contribution >= 0.6 is 11.6 Å². The van der Waals surface area contributed by atoms with Gasteiger partial charge in [-0.25, -0.2) is 0 Å². The lowest BCUT2D eigenvalue weighted by Gasteiger charge is -2.14. The third kappa shape index (κ3) is 4.14. The normalized spacial score (nSPS) is 11.8. The van der Waals surface area contributed by atoms with Gasteiger partial charge in [-0.3, -0.25) is 9.78 Å². The van der Waals surface area contributed by atoms with Crippen molar-refractivity contribution < 1.29 is 18.0 Å². The summed E-state index contributed by atoms with van der Waals surface area (Å²) in [4.78, 5) is 16.3. The Balaban J connectivity index is 1.96. The minimum atomic E-state index is -4.44. The van der Waals surface area contributed by atoms with Crippen molar-refractivity contribution in [2.45, 2.75) is 33.0 Å². The highest BCUT2D eigenvalue weighted by atomic mass is 35.5. The number of nitrogens with one attached hydrogen (secondary N) is 1. The molecule has 0 radical (unpaired) electrons. The highest BCUT2D eigenvalue weighted by Crippen LogP contribution is 2.35. The highest BCUT2D eigenvalue weighted by Gasteiger charge is 2.31. The van der Waals surface area contributed by atoms with Gasteiger partial charge in [0.1, 0.15) is 6.54 Å². The number of alkyl halides is 3. The molecule has 0 aliphatic rings. The van der Waals surface area contributed by atoms with Gasteiger partial charge >= 0.3 is 6.18 Å². The number of benzene rings is 1. The number of carbonyl (C=O) groups excluding carboxylic acids is 1. The van der Waals surface area contributed by atoms with Gasteiger partial charge in [-0.15, -0.1) is 0 Å². The van der Waals surface area contributed by atoms with Gasteiger partial charge in [0, 0.05) is 35.8 Å². The van der Waals surface area contributed by atoms with Gasteiger partial charge in [0.2, 0.25) is 5.91 Å². The van der Waals surface area contributed by atoms with E-state index < -0.39 is 11.7 Å². The zero-order chi connectivity index (χ0) is 20.5. The van der Waals surface area contributed by atoms with Crippen LogP contribution in [-0.2, 0) is 23.9 Å². The molecule has 2 heterocycles. The van der Waals surface area contributed by atoms with Gasteiger partial charge in [0.15, 0.2) is 0 Å². The molecule has 2 aromatic heterocycles. The average Bonchev–Trinajstić information content (AvgIpc) is 3.01. The Morgan fingerprint density at radius 1 is 1.29 bits per heavy atom. The molecule has 0 aliphatic carbocycles. The summed E-state index contributed by atoms with van der Waals surface area (Å²) >= 11 is 6.16. The minimum absolute atomic E-state index is 0.0629. The van der Waals surface area contributed by atoms with Gasteiger partial charge < -0.3 is 9.88 Å². The van der Waals surface area contributed by atoms with Crippen molar-refractivity contribution in [2.24, 2.45) is 0 Å². The largest absolute Gasteiger partial charge is 0.416 e. The fourth-order valence-electron chi connectivity index (χ4n) is 3.20. The van der Waals surface area contributed by atoms with Crippen molar-refractivity contribution in [2.75, 3.05) is 6.54 Å². The Morgan fingerprint density at radius 3 is 2.68 bits per heavy atom. The second-order valence-corrected chi connectivity index (χ2v) is 6.92. The fraction of sp³-hybridized carbons (Fsp3) is 0.300. The molecule has 0 saturated carbocycles. The fourth-order valence-corrected chi connectivity index (χ4v) is 3.53. The molecule has 0 spiro atoms. The van der Waals surface area contributed by atoms with E-state index >= 15 is 0 Å². The topological polar surface area (TPSA) is 46.9 Å². The number of halogens is 4. The maximum absolute atomic E-state index is 13.0. The molecular weight excluding hydrogens is 391 g/mol. The zero-order valence-corrected chi connectivity index (χ0v) is 16.2. The summed E-state index contributed by atoms with van der Waals surface area (Å²) in [6.07, 6.45) is -0.724. The number of aromatic nitrogens is 2. The van der Waals surface area contributed by atoms with E-state index in [4.69, 9.17) is 11.6 Å². The Bertz CT molecular complexity index is 1000. The van der Waals surface area contributed by atoms with Gasteiger partial charge in [-0.05, 0) is 49.2 Å². The predicted octanol–water partition coefficient (Wildman–Crippen LogP) is 4.74. The van der Waals surface area contributed by atoms with E-state index in [-0.39, 0.29) is 17.5 Å². The summed E-state index contributed by atoms with van der Waals surface area (Å²) in [6.45, 7) is 4.19. The molecule has 8 heteroatoms. The van der Waals surface area contributed by atoms with Crippen molar-refractivity contribution in [3.05, 3.63) is 64.1 Å². The van der Waals surface area contributed by atoms with Crippen LogP contribution in [0.1, 0.15) is 29.3 Å². The van der Waals surface area contributed by atoms with Crippen molar-refractivity contribution in [1.29, 1.82) is 0 Å². The first-order valence-electron chi connectivity index (χ1n) is 8.76. The third-order valence-corrected chi connectivity index (χ3v) is 4.90. The smallest absolute Gasteiger partial charge is 0.355 e. The van der Waals surface area contributed by atoms with E-state index in [1.165, 1.54) is 0 Å². The molecular formula is C20H19ClF3N3O. The Kier molecular flexibility index (Phi) is 5.65. The lowest BCUT2D eigenvalue weighted by Crippen LogP contribution is -2.26. The third-order valence-electron chi connectivity index (χ3n) is 4.56. The predicted molar refractivity (Wildman–Crippen MR) is 102 cm³/mol. The highest BCUT2D eigenvalue weighted by molar-refractivity contribution is 6.31. The summed E-state index contributed by atoms with van der Waals surface area (Å²) in [7, 11) is 0. The number of nitrogens with zero attached hydrogens (tertiary/aromatic N) is 2. The zero-order valence-electron chi connectivity index (χ0n) is 15.4. The monoisotopic (exact) mass is 409 g/mol. The van der Waals surface area contributed by atoms with E-state index in [0.717, 1.165) is 23.0 Å². The molecule has 3 rings (SSSR count). The van der Waals surface area contributed by atoms with Crippen molar-refractivity contribution >= 4 is 28.4 Å². The van der Waals surface area contributed by atoms with Crippen LogP contribution in [0.25, 0.3) is 10.9 Å². The van der Waals surface area contributed by atoms with E-state index in [1.54, 1.807) is 25.4 Å². The average molecular weight is 410 g/mol. The summed E-state index contributed by atoms with van der Waals surface area (Å²) in [6, 6.07) is 5.70. The molecule has 0 fully saturated rings. The molecule has 1 N–H and O–H groups in total. The Hall–Kier alpha value is -2.54. The second-order valence-electron chi connectivity index (χ2n) is 6.52. The molecule has 1 amide bonds. The maximum atomic E-state index is 13.0. The molecule has 3 aromatic rings. The molecule has 0 bridgehead atoms. The van der Waals surface area contributed by atoms with Crippen molar-refractivity contribution in [3.63, 3.8) is 0 Å². The molecule has 4 nitrogen and oxygen atoms in total.